The molecule has 42 nitrogen and oxygen atoms in total. The lowest BCUT2D eigenvalue weighted by atomic mass is 9.96. The molecular weight excluding hydrogens is 1770 g/mol. The summed E-state index contributed by atoms with van der Waals surface area (Å²) in [4.78, 5) is 230. The minimum absolute atomic E-state index is 0.0158. The first-order valence-electron chi connectivity index (χ1n) is 49.1. The first kappa shape index (κ1) is 121. The number of nitrogens with two attached hydrogens (primary N) is 10. The van der Waals surface area contributed by atoms with Crippen LogP contribution in [-0.4, -0.2) is 235 Å². The highest BCUT2D eigenvalue weighted by Gasteiger charge is 2.41. The Kier molecular flexibility index (Phi) is 56.4. The van der Waals surface area contributed by atoms with Crippen LogP contribution in [0.3, 0.4) is 0 Å². The lowest BCUT2D eigenvalue weighted by Gasteiger charge is -2.30. The SMILES string of the molecule is CC[C@H](C)[C@H](NC(=O)[C@H](CCCCN)NC(=O)[C@H](CCCCN)NC(=O)[C@H](Cc1ccccc1)NC(=O)[C@H](CC(C)C)NC(=O)[C@H](CCCCN)NC(=O)[C@H](Cc1c[nH]c2ccccc12)NC(=O)[C@@H](N)CC(C)C)C(=O)N[C@@H](CCCN=C(N)N)C(=O)N[C@@H](CCCN=C(N)N)C(=O)N[C@H](C(=O)N[C@@H](CC(C)C)C(=O)N[C@@H](CCCCN)C(=O)N[C@H](C(=O)N[C@@H](CC(C)C)C(N)=O)C(C)C)C(C)C. The summed E-state index contributed by atoms with van der Waals surface area (Å²) in [5.74, 6) is -14.5. The highest BCUT2D eigenvalue weighted by atomic mass is 16.2. The number of hydrogen-bond donors (Lipinski definition) is 25. The van der Waals surface area contributed by atoms with E-state index in [1.54, 1.807) is 91.9 Å². The lowest BCUT2D eigenvalue weighted by Crippen LogP contribution is -2.62. The van der Waals surface area contributed by atoms with E-state index in [0.29, 0.717) is 56.1 Å². The van der Waals surface area contributed by atoms with E-state index < -0.39 is 197 Å². The summed E-state index contributed by atoms with van der Waals surface area (Å²) in [5.41, 5.74) is 60.7. The topological polar surface area (TPSA) is 725 Å². The van der Waals surface area contributed by atoms with Gasteiger partial charge in [-0.15, -0.1) is 0 Å². The molecule has 2 aromatic carbocycles. The second-order valence-corrected chi connectivity index (χ2v) is 38.3. The second-order valence-electron chi connectivity index (χ2n) is 38.3. The molecule has 35 N–H and O–H groups in total. The number of nitrogens with zero attached hydrogens (tertiary/aromatic N) is 2. The lowest BCUT2D eigenvalue weighted by molar-refractivity contribution is -0.137. The highest BCUT2D eigenvalue weighted by molar-refractivity contribution is 6.01. The number of carbonyl (C=O) groups excluding carboxylic acids is 15. The quantitative estimate of drug-likeness (QED) is 0.0196. The Hall–Kier alpha value is -11.6. The minimum atomic E-state index is -1.50. The van der Waals surface area contributed by atoms with Gasteiger partial charge in [-0.3, -0.25) is 81.9 Å². The molecule has 1 aromatic heterocycles. The maximum Gasteiger partial charge on any atom is 0.243 e. The Labute approximate surface area is 814 Å². The van der Waals surface area contributed by atoms with E-state index in [1.165, 1.54) is 0 Å². The molecule has 0 bridgehead atoms. The summed E-state index contributed by atoms with van der Waals surface area (Å²) >= 11 is 0. The average molecular weight is 1940 g/mol. The third-order valence-electron chi connectivity index (χ3n) is 23.5. The highest BCUT2D eigenvalue weighted by Crippen LogP contribution is 2.23. The third-order valence-corrected chi connectivity index (χ3v) is 23.5. The average Bonchev–Trinajstić information content (AvgIpc) is 1.54. The Balaban J connectivity index is 2.08. The van der Waals surface area contributed by atoms with Crippen LogP contribution < -0.4 is 132 Å². The van der Waals surface area contributed by atoms with Gasteiger partial charge in [-0.2, -0.15) is 0 Å². The fourth-order valence-corrected chi connectivity index (χ4v) is 15.6. The number of nitrogens with one attached hydrogen (secondary N) is 15. The minimum Gasteiger partial charge on any atom is -0.370 e. The van der Waals surface area contributed by atoms with Crippen LogP contribution in [0.25, 0.3) is 10.9 Å². The largest absolute Gasteiger partial charge is 0.370 e. The molecule has 3 aromatic rings. The zero-order chi connectivity index (χ0) is 103. The van der Waals surface area contributed by atoms with Crippen molar-refractivity contribution < 1.29 is 71.9 Å². The van der Waals surface area contributed by atoms with Crippen LogP contribution in [0, 0.1) is 41.4 Å². The maximum absolute atomic E-state index is 15.2. The number of fused-ring (bicyclic) bond motifs is 1. The van der Waals surface area contributed by atoms with Crippen molar-refractivity contribution >= 4 is 111 Å². The molecule has 15 amide bonds. The molecule has 1 heterocycles. The van der Waals surface area contributed by atoms with E-state index in [4.69, 9.17) is 57.3 Å². The van der Waals surface area contributed by atoms with Crippen LogP contribution in [0.2, 0.25) is 0 Å². The van der Waals surface area contributed by atoms with Crippen LogP contribution in [0.5, 0.6) is 0 Å². The predicted octanol–water partition coefficient (Wildman–Crippen LogP) is -0.281. The van der Waals surface area contributed by atoms with E-state index in [0.717, 1.165) is 10.9 Å². The number of para-hydroxylation sites is 1. The molecule has 0 aliphatic heterocycles. The number of carbonyl (C=O) groups is 15. The number of amides is 15. The van der Waals surface area contributed by atoms with Gasteiger partial charge in [0, 0.05) is 43.0 Å². The Morgan fingerprint density at radius 1 is 0.312 bits per heavy atom. The number of aliphatic imine (C=N–C) groups is 2. The van der Waals surface area contributed by atoms with Crippen molar-refractivity contribution in [3.63, 3.8) is 0 Å². The molecule has 3 rings (SSSR count). The van der Waals surface area contributed by atoms with Gasteiger partial charge in [-0.05, 0) is 213 Å². The molecule has 0 fully saturated rings. The van der Waals surface area contributed by atoms with E-state index in [-0.39, 0.29) is 178 Å². The van der Waals surface area contributed by atoms with Crippen molar-refractivity contribution in [2.45, 2.75) is 335 Å². The summed E-state index contributed by atoms with van der Waals surface area (Å²) < 4.78 is 0. The molecule has 0 saturated carbocycles. The number of benzene rings is 2. The summed E-state index contributed by atoms with van der Waals surface area (Å²) in [6, 6.07) is -3.33. The molecular formula is C96H167N27O15. The number of rotatable bonds is 69. The summed E-state index contributed by atoms with van der Waals surface area (Å²) in [5, 5.41) is 40.0. The van der Waals surface area contributed by atoms with Crippen molar-refractivity contribution in [3.8, 4) is 0 Å². The van der Waals surface area contributed by atoms with Gasteiger partial charge in [-0.1, -0.05) is 152 Å². The van der Waals surface area contributed by atoms with E-state index in [2.05, 4.69) is 89.4 Å². The number of aromatic amines is 1. The van der Waals surface area contributed by atoms with Crippen LogP contribution >= 0.6 is 0 Å². The molecule has 42 heteroatoms. The van der Waals surface area contributed by atoms with Gasteiger partial charge >= 0.3 is 0 Å². The fourth-order valence-electron chi connectivity index (χ4n) is 15.6. The molecule has 0 aliphatic rings. The molecule has 16 atom stereocenters. The number of primary amides is 1. The summed E-state index contributed by atoms with van der Waals surface area (Å²) in [6.07, 6.45) is 5.49. The Bertz CT molecular complexity index is 4370. The van der Waals surface area contributed by atoms with Gasteiger partial charge in [0.25, 0.3) is 0 Å². The van der Waals surface area contributed by atoms with Gasteiger partial charge < -0.3 is 137 Å². The van der Waals surface area contributed by atoms with Crippen LogP contribution in [0.4, 0.5) is 0 Å². The van der Waals surface area contributed by atoms with Crippen LogP contribution in [0.1, 0.15) is 243 Å². The van der Waals surface area contributed by atoms with Crippen molar-refractivity contribution in [2.24, 2.45) is 109 Å². The number of unbranched alkanes of at least 4 members (excludes halogenated alkanes) is 4. The number of aromatic nitrogens is 1. The van der Waals surface area contributed by atoms with Gasteiger partial charge in [0.05, 0.1) is 6.04 Å². The van der Waals surface area contributed by atoms with Crippen molar-refractivity contribution in [1.82, 2.24) is 79.4 Å². The molecule has 0 saturated heterocycles. The molecule has 776 valence electrons. The third kappa shape index (κ3) is 45.3. The number of H-pyrrole nitrogens is 1. The normalized spacial score (nSPS) is 15.0. The van der Waals surface area contributed by atoms with Crippen molar-refractivity contribution in [3.05, 3.63) is 71.9 Å². The van der Waals surface area contributed by atoms with Crippen LogP contribution in [0.15, 0.2) is 70.8 Å². The Morgan fingerprint density at radius 3 is 0.964 bits per heavy atom. The van der Waals surface area contributed by atoms with Gasteiger partial charge in [-0.25, -0.2) is 0 Å². The molecule has 0 aliphatic carbocycles. The van der Waals surface area contributed by atoms with Crippen molar-refractivity contribution in [2.75, 3.05) is 39.3 Å². The van der Waals surface area contributed by atoms with Crippen molar-refractivity contribution in [1.29, 1.82) is 0 Å². The predicted molar refractivity (Wildman–Crippen MR) is 535 cm³/mol. The zero-order valence-electron chi connectivity index (χ0n) is 83.8. The maximum atomic E-state index is 15.2. The molecule has 0 spiro atoms. The standard InChI is InChI=1S/C96H167N27O15/c1-15-60(14)79(94(138)115-70(39-29-45-107-95(103)104)83(127)111-71(40-30-46-108-96(105)106)86(130)122-78(59(12)13)93(137)120-74(50-57(8)9)88(132)114-68(37-23-27-43-99)85(129)121-77(58(10)11)92(136)116-72(80(102)124)48-55(4)5)123-87(131)69(38-24-28-44-100)110-82(126)66(35-21-25-41-97)112-90(134)75(51-61-31-17-16-18-32-61)119-89(133)73(49-56(6)7)118-84(128)67(36-22-26-42-98)113-91(135)76(117-81(125)64(101)47-54(2)3)52-62-53-109-65-34-20-19-33-63(62)65/h16-20,31-34,53-60,64,66-79,109H,15,21-30,35-52,97-101H2,1-14H3,(H2,102,124)(H,110,126)(H,111,127)(H,112,134)(H,113,135)(H,114,132)(H,115,138)(H,116,136)(H,117,125)(H,118,128)(H,119,133)(H,120,137)(H,121,129)(H,122,130)(H,123,131)(H4,103,104,107)(H4,105,106,108)/t60-,64-,66-,67-,68-,69-,70-,71-,72-,73-,74-,75-,76-,77-,78-,79-/m0/s1. The van der Waals surface area contributed by atoms with E-state index in [1.807, 2.05) is 65.8 Å². The van der Waals surface area contributed by atoms with E-state index >= 15 is 28.8 Å². The van der Waals surface area contributed by atoms with Gasteiger partial charge in [0.15, 0.2) is 11.9 Å². The monoisotopic (exact) mass is 1940 g/mol. The molecule has 138 heavy (non-hydrogen) atoms. The van der Waals surface area contributed by atoms with Crippen LogP contribution in [-0.2, 0) is 84.8 Å². The first-order valence-corrected chi connectivity index (χ1v) is 49.1. The summed E-state index contributed by atoms with van der Waals surface area (Å²) in [6.45, 7) is 25.8. The first-order chi connectivity index (χ1) is 65.3. The number of guanidine groups is 2. The fraction of sp³-hybridized carbons (Fsp3) is 0.677. The van der Waals surface area contributed by atoms with Gasteiger partial charge in [0.2, 0.25) is 88.6 Å². The molecule has 0 radical (unpaired) electrons. The Morgan fingerprint density at radius 2 is 0.601 bits per heavy atom. The molecule has 0 unspecified atom stereocenters. The second kappa shape index (κ2) is 64.5. The van der Waals surface area contributed by atoms with Gasteiger partial charge in [0.1, 0.15) is 84.6 Å². The number of hydrogen-bond acceptors (Lipinski definition) is 22. The van der Waals surface area contributed by atoms with E-state index in [9.17, 15) is 43.2 Å². The summed E-state index contributed by atoms with van der Waals surface area (Å²) in [7, 11) is 0. The smallest absolute Gasteiger partial charge is 0.243 e. The zero-order valence-corrected chi connectivity index (χ0v) is 83.8.